The molecule has 0 heterocycles. The second-order valence-corrected chi connectivity index (χ2v) is 13.4. The molecule has 0 aromatic heterocycles. The minimum atomic E-state index is -0.0237. The summed E-state index contributed by atoms with van der Waals surface area (Å²) in [7, 11) is 0. The topological polar surface area (TPSA) is 0 Å². The molecule has 2 aliphatic carbocycles. The molecule has 0 fully saturated rings. The molecule has 0 radical (unpaired) electrons. The zero-order chi connectivity index (χ0) is 28.1. The molecule has 0 saturated heterocycles. The van der Waals surface area contributed by atoms with Crippen molar-refractivity contribution in [2.24, 2.45) is 0 Å². The van der Waals surface area contributed by atoms with Gasteiger partial charge in [0.2, 0.25) is 0 Å². The third kappa shape index (κ3) is 3.47. The molecule has 198 valence electrons. The fourth-order valence-electron chi connectivity index (χ4n) is 7.29. The first-order valence-electron chi connectivity index (χ1n) is 14.8. The molecule has 0 unspecified atom stereocenters. The van der Waals surface area contributed by atoms with Gasteiger partial charge in [0.1, 0.15) is 0 Å². The standard InChI is InChI=1S/C41H34/c1-40(2,3)28-18-20-33-32-19-17-27(23-37(32)41(4,5)38(33)24-28)25-13-15-26(16-14-25)29-21-22-36-31-10-7-6-9-30(31)35-12-8-11-34(29)39(35)36/h6-24H,1-5H3. The summed E-state index contributed by atoms with van der Waals surface area (Å²) in [5, 5.41) is 2.71. The lowest BCUT2D eigenvalue weighted by Gasteiger charge is -2.25. The summed E-state index contributed by atoms with van der Waals surface area (Å²) >= 11 is 0. The van der Waals surface area contributed by atoms with Crippen LogP contribution in [0.1, 0.15) is 51.3 Å². The van der Waals surface area contributed by atoms with Gasteiger partial charge < -0.3 is 0 Å². The van der Waals surface area contributed by atoms with E-state index in [1.807, 2.05) is 0 Å². The monoisotopic (exact) mass is 526 g/mol. The molecule has 0 atom stereocenters. The van der Waals surface area contributed by atoms with Crippen LogP contribution in [0.4, 0.5) is 0 Å². The van der Waals surface area contributed by atoms with Gasteiger partial charge in [0.15, 0.2) is 0 Å². The Morgan fingerprint density at radius 2 is 0.976 bits per heavy atom. The zero-order valence-corrected chi connectivity index (χ0v) is 24.5. The molecule has 6 aromatic rings. The lowest BCUT2D eigenvalue weighted by molar-refractivity contribution is 0.584. The third-order valence-electron chi connectivity index (χ3n) is 9.62. The van der Waals surface area contributed by atoms with Gasteiger partial charge in [-0.2, -0.15) is 0 Å². The molecule has 0 amide bonds. The van der Waals surface area contributed by atoms with Crippen molar-refractivity contribution in [3.8, 4) is 55.6 Å². The summed E-state index contributed by atoms with van der Waals surface area (Å²) in [5.41, 5.74) is 17.6. The highest BCUT2D eigenvalue weighted by Gasteiger charge is 2.36. The maximum absolute atomic E-state index is 2.44. The van der Waals surface area contributed by atoms with Crippen LogP contribution in [0.3, 0.4) is 0 Å². The number of fused-ring (bicyclic) bond motifs is 6. The van der Waals surface area contributed by atoms with Crippen molar-refractivity contribution in [2.75, 3.05) is 0 Å². The Kier molecular flexibility index (Phi) is 4.94. The van der Waals surface area contributed by atoms with Gasteiger partial charge in [0.05, 0.1) is 0 Å². The van der Waals surface area contributed by atoms with Gasteiger partial charge in [-0.25, -0.2) is 0 Å². The Balaban J connectivity index is 1.17. The third-order valence-corrected chi connectivity index (χ3v) is 9.62. The van der Waals surface area contributed by atoms with Gasteiger partial charge in [0.25, 0.3) is 0 Å². The quantitative estimate of drug-likeness (QED) is 0.210. The smallest absolute Gasteiger partial charge is 0.0159 e. The van der Waals surface area contributed by atoms with Gasteiger partial charge in [-0.05, 0) is 94.6 Å². The highest BCUT2D eigenvalue weighted by molar-refractivity contribution is 6.18. The fraction of sp³-hybridized carbons (Fsp3) is 0.171. The van der Waals surface area contributed by atoms with E-state index in [9.17, 15) is 0 Å². The first kappa shape index (κ1) is 24.4. The molecule has 0 nitrogen and oxygen atoms in total. The Labute approximate surface area is 243 Å². The summed E-state index contributed by atoms with van der Waals surface area (Å²) in [6.07, 6.45) is 0. The van der Waals surface area contributed by atoms with Crippen molar-refractivity contribution in [2.45, 2.75) is 45.4 Å². The van der Waals surface area contributed by atoms with Crippen molar-refractivity contribution < 1.29 is 0 Å². The molecule has 0 saturated carbocycles. The van der Waals surface area contributed by atoms with Gasteiger partial charge >= 0.3 is 0 Å². The average molecular weight is 527 g/mol. The molecular weight excluding hydrogens is 492 g/mol. The van der Waals surface area contributed by atoms with Crippen LogP contribution in [0.2, 0.25) is 0 Å². The maximum atomic E-state index is 2.44. The summed E-state index contributed by atoms with van der Waals surface area (Å²) in [6.45, 7) is 11.7. The second-order valence-electron chi connectivity index (χ2n) is 13.4. The number of benzene rings is 6. The minimum Gasteiger partial charge on any atom is -0.0616 e. The lowest BCUT2D eigenvalue weighted by atomic mass is 9.78. The van der Waals surface area contributed by atoms with Crippen molar-refractivity contribution in [1.82, 2.24) is 0 Å². The maximum Gasteiger partial charge on any atom is 0.0159 e. The summed E-state index contributed by atoms with van der Waals surface area (Å²) in [4.78, 5) is 0. The molecule has 0 aliphatic heterocycles. The van der Waals surface area contributed by atoms with E-state index in [0.29, 0.717) is 0 Å². The largest absolute Gasteiger partial charge is 0.0616 e. The van der Waals surface area contributed by atoms with Gasteiger partial charge in [0, 0.05) is 5.41 Å². The molecule has 6 aromatic carbocycles. The molecule has 0 heteroatoms. The van der Waals surface area contributed by atoms with Crippen molar-refractivity contribution in [3.05, 3.63) is 132 Å². The molecule has 0 spiro atoms. The van der Waals surface area contributed by atoms with Crippen molar-refractivity contribution in [1.29, 1.82) is 0 Å². The van der Waals surface area contributed by atoms with Gasteiger partial charge in [-0.1, -0.05) is 144 Å². The van der Waals surface area contributed by atoms with E-state index >= 15 is 0 Å². The summed E-state index contributed by atoms with van der Waals surface area (Å²) in [6, 6.07) is 43.5. The Morgan fingerprint density at radius 3 is 1.68 bits per heavy atom. The molecule has 41 heavy (non-hydrogen) atoms. The normalized spacial score (nSPS) is 14.2. The van der Waals surface area contributed by atoms with E-state index in [0.717, 1.165) is 0 Å². The average Bonchev–Trinajstić information content (AvgIpc) is 3.43. The van der Waals surface area contributed by atoms with E-state index < -0.39 is 0 Å². The molecule has 0 N–H and O–H groups in total. The van der Waals surface area contributed by atoms with Crippen LogP contribution in [0, 0.1) is 0 Å². The number of hydrogen-bond acceptors (Lipinski definition) is 0. The predicted molar refractivity (Wildman–Crippen MR) is 176 cm³/mol. The number of rotatable bonds is 2. The van der Waals surface area contributed by atoms with E-state index in [2.05, 4.69) is 150 Å². The molecular formula is C41H34. The first-order chi connectivity index (χ1) is 19.7. The minimum absolute atomic E-state index is 0.0237. The van der Waals surface area contributed by atoms with Crippen LogP contribution >= 0.6 is 0 Å². The Hall–Kier alpha value is -4.42. The summed E-state index contributed by atoms with van der Waals surface area (Å²) in [5.74, 6) is 0. The van der Waals surface area contributed by atoms with Crippen LogP contribution in [0.5, 0.6) is 0 Å². The van der Waals surface area contributed by atoms with E-state index in [1.54, 1.807) is 0 Å². The Bertz CT molecular complexity index is 2000. The first-order valence-corrected chi connectivity index (χ1v) is 14.8. The van der Waals surface area contributed by atoms with Gasteiger partial charge in [-0.3, -0.25) is 0 Å². The molecule has 0 bridgehead atoms. The SMILES string of the molecule is CC(C)(C)c1ccc2c(c1)C(C)(C)c1cc(-c3ccc(-c4ccc5c6c(cccc46)-c4ccccc4-5)cc3)ccc1-2. The van der Waals surface area contributed by atoms with Crippen LogP contribution in [-0.4, -0.2) is 0 Å². The predicted octanol–water partition coefficient (Wildman–Crippen LogP) is 11.4. The summed E-state index contributed by atoms with van der Waals surface area (Å²) < 4.78 is 0. The van der Waals surface area contributed by atoms with E-state index in [-0.39, 0.29) is 10.8 Å². The molecule has 8 rings (SSSR count). The molecule has 2 aliphatic rings. The second kappa shape index (κ2) is 8.30. The Morgan fingerprint density at radius 1 is 0.439 bits per heavy atom. The van der Waals surface area contributed by atoms with Crippen LogP contribution in [0.25, 0.3) is 66.4 Å². The number of hydrogen-bond donors (Lipinski definition) is 0. The fourth-order valence-corrected chi connectivity index (χ4v) is 7.29. The van der Waals surface area contributed by atoms with Crippen molar-refractivity contribution >= 4 is 10.8 Å². The highest BCUT2D eigenvalue weighted by atomic mass is 14.4. The van der Waals surface area contributed by atoms with Crippen molar-refractivity contribution in [3.63, 3.8) is 0 Å². The van der Waals surface area contributed by atoms with E-state index in [1.165, 1.54) is 83.1 Å². The van der Waals surface area contributed by atoms with Crippen LogP contribution in [-0.2, 0) is 10.8 Å². The van der Waals surface area contributed by atoms with Crippen LogP contribution in [0.15, 0.2) is 115 Å². The lowest BCUT2D eigenvalue weighted by Crippen LogP contribution is -2.17. The highest BCUT2D eigenvalue weighted by Crippen LogP contribution is 2.51. The van der Waals surface area contributed by atoms with Crippen LogP contribution < -0.4 is 0 Å². The van der Waals surface area contributed by atoms with E-state index in [4.69, 9.17) is 0 Å². The van der Waals surface area contributed by atoms with Gasteiger partial charge in [-0.15, -0.1) is 0 Å². The zero-order valence-electron chi connectivity index (χ0n) is 24.5.